The SMILES string of the molecule is CN1CCN(C(=O)c2ccc(F)cc2C#CCO)CC1=O. The van der Waals surface area contributed by atoms with Crippen LogP contribution < -0.4 is 0 Å². The highest BCUT2D eigenvalue weighted by atomic mass is 19.1. The summed E-state index contributed by atoms with van der Waals surface area (Å²) < 4.78 is 13.3. The summed E-state index contributed by atoms with van der Waals surface area (Å²) in [7, 11) is 1.68. The molecule has 1 aliphatic heterocycles. The lowest BCUT2D eigenvalue weighted by Gasteiger charge is -2.32. The molecule has 110 valence electrons. The second-order valence-corrected chi connectivity index (χ2v) is 4.69. The summed E-state index contributed by atoms with van der Waals surface area (Å²) in [6.07, 6.45) is 0. The summed E-state index contributed by atoms with van der Waals surface area (Å²) in [5.74, 6) is 3.95. The van der Waals surface area contributed by atoms with Gasteiger partial charge in [-0.15, -0.1) is 0 Å². The molecule has 2 rings (SSSR count). The van der Waals surface area contributed by atoms with Crippen LogP contribution in [0.4, 0.5) is 4.39 Å². The first-order valence-corrected chi connectivity index (χ1v) is 6.45. The molecule has 0 bridgehead atoms. The number of hydrogen-bond donors (Lipinski definition) is 1. The van der Waals surface area contributed by atoms with E-state index in [2.05, 4.69) is 11.8 Å². The Morgan fingerprint density at radius 1 is 1.43 bits per heavy atom. The summed E-state index contributed by atoms with van der Waals surface area (Å²) in [6.45, 7) is 0.505. The molecule has 6 heteroatoms. The van der Waals surface area contributed by atoms with Gasteiger partial charge in [0.2, 0.25) is 5.91 Å². The Labute approximate surface area is 122 Å². The van der Waals surface area contributed by atoms with Crippen LogP contribution in [0.3, 0.4) is 0 Å². The number of nitrogens with zero attached hydrogens (tertiary/aromatic N) is 2. The highest BCUT2D eigenvalue weighted by Crippen LogP contribution is 2.15. The summed E-state index contributed by atoms with van der Waals surface area (Å²) in [4.78, 5) is 27.1. The minimum absolute atomic E-state index is 0.000418. The maximum atomic E-state index is 13.3. The van der Waals surface area contributed by atoms with Gasteiger partial charge in [-0.2, -0.15) is 0 Å². The fourth-order valence-corrected chi connectivity index (χ4v) is 2.04. The topological polar surface area (TPSA) is 60.9 Å². The average molecular weight is 290 g/mol. The Morgan fingerprint density at radius 2 is 2.19 bits per heavy atom. The molecule has 2 amide bonds. The molecule has 1 heterocycles. The van der Waals surface area contributed by atoms with E-state index in [-0.39, 0.29) is 36.1 Å². The number of halogens is 1. The van der Waals surface area contributed by atoms with Crippen molar-refractivity contribution in [2.75, 3.05) is 33.3 Å². The van der Waals surface area contributed by atoms with E-state index < -0.39 is 5.82 Å². The Bertz CT molecular complexity index is 634. The zero-order chi connectivity index (χ0) is 15.4. The van der Waals surface area contributed by atoms with Crippen molar-refractivity contribution in [2.24, 2.45) is 0 Å². The van der Waals surface area contributed by atoms with Crippen LogP contribution in [0.15, 0.2) is 18.2 Å². The molecule has 0 spiro atoms. The third-order valence-corrected chi connectivity index (χ3v) is 3.26. The summed E-state index contributed by atoms with van der Waals surface area (Å²) >= 11 is 0. The van der Waals surface area contributed by atoms with Gasteiger partial charge >= 0.3 is 0 Å². The number of carbonyl (C=O) groups is 2. The van der Waals surface area contributed by atoms with Crippen molar-refractivity contribution in [3.63, 3.8) is 0 Å². The van der Waals surface area contributed by atoms with Gasteiger partial charge in [-0.1, -0.05) is 11.8 Å². The van der Waals surface area contributed by atoms with E-state index in [1.54, 1.807) is 11.9 Å². The normalized spacial score (nSPS) is 14.7. The molecular formula is C15H15FN2O3. The van der Waals surface area contributed by atoms with E-state index in [0.29, 0.717) is 13.1 Å². The molecule has 0 aliphatic carbocycles. The molecule has 21 heavy (non-hydrogen) atoms. The molecule has 1 saturated heterocycles. The Hall–Kier alpha value is -2.39. The van der Waals surface area contributed by atoms with E-state index in [1.165, 1.54) is 17.0 Å². The number of aliphatic hydroxyl groups is 1. The summed E-state index contributed by atoms with van der Waals surface area (Å²) in [5.41, 5.74) is 0.440. The van der Waals surface area contributed by atoms with Crippen LogP contribution in [0.25, 0.3) is 0 Å². The van der Waals surface area contributed by atoms with Crippen LogP contribution >= 0.6 is 0 Å². The number of piperazine rings is 1. The second kappa shape index (κ2) is 6.37. The van der Waals surface area contributed by atoms with Crippen molar-refractivity contribution in [2.45, 2.75) is 0 Å². The Balaban J connectivity index is 2.29. The highest BCUT2D eigenvalue weighted by Gasteiger charge is 2.26. The van der Waals surface area contributed by atoms with Gasteiger partial charge in [0.15, 0.2) is 0 Å². The maximum absolute atomic E-state index is 13.3. The zero-order valence-electron chi connectivity index (χ0n) is 11.6. The van der Waals surface area contributed by atoms with Gasteiger partial charge < -0.3 is 14.9 Å². The number of benzene rings is 1. The van der Waals surface area contributed by atoms with Gasteiger partial charge in [-0.25, -0.2) is 4.39 Å². The standard InChI is InChI=1S/C15H15FN2O3/c1-17-6-7-18(10-14(17)20)15(21)13-5-4-12(16)9-11(13)3-2-8-19/h4-5,9,19H,6-8,10H2,1H3. The lowest BCUT2D eigenvalue weighted by atomic mass is 10.1. The summed E-state index contributed by atoms with van der Waals surface area (Å²) in [5, 5.41) is 8.73. The van der Waals surface area contributed by atoms with Crippen molar-refractivity contribution < 1.29 is 19.1 Å². The second-order valence-electron chi connectivity index (χ2n) is 4.69. The highest BCUT2D eigenvalue weighted by molar-refractivity contribution is 5.99. The number of hydrogen-bond acceptors (Lipinski definition) is 3. The minimum atomic E-state index is -0.511. The van der Waals surface area contributed by atoms with Gasteiger partial charge in [-0.3, -0.25) is 9.59 Å². The average Bonchev–Trinajstić information content (AvgIpc) is 2.47. The molecule has 1 aromatic rings. The van der Waals surface area contributed by atoms with Crippen LogP contribution in [-0.4, -0.2) is 60.0 Å². The van der Waals surface area contributed by atoms with E-state index in [0.717, 1.165) is 6.07 Å². The molecule has 1 fully saturated rings. The maximum Gasteiger partial charge on any atom is 0.255 e. The quantitative estimate of drug-likeness (QED) is 0.745. The zero-order valence-corrected chi connectivity index (χ0v) is 11.6. The van der Waals surface area contributed by atoms with Gasteiger partial charge in [0.1, 0.15) is 19.0 Å². The van der Waals surface area contributed by atoms with E-state index in [9.17, 15) is 14.0 Å². The van der Waals surface area contributed by atoms with E-state index in [1.807, 2.05) is 0 Å². The predicted octanol–water partition coefficient (Wildman–Crippen LogP) is 0.0837. The number of carbonyl (C=O) groups excluding carboxylic acids is 2. The lowest BCUT2D eigenvalue weighted by Crippen LogP contribution is -2.50. The van der Waals surface area contributed by atoms with Gasteiger partial charge in [0.25, 0.3) is 5.91 Å². The largest absolute Gasteiger partial charge is 0.384 e. The molecule has 0 unspecified atom stereocenters. The number of rotatable bonds is 1. The Kier molecular flexibility index (Phi) is 4.55. The monoisotopic (exact) mass is 290 g/mol. The Morgan fingerprint density at radius 3 is 2.86 bits per heavy atom. The molecule has 5 nitrogen and oxygen atoms in total. The van der Waals surface area contributed by atoms with Crippen molar-refractivity contribution in [1.82, 2.24) is 9.80 Å². The first-order valence-electron chi connectivity index (χ1n) is 6.45. The van der Waals surface area contributed by atoms with Crippen molar-refractivity contribution >= 4 is 11.8 Å². The van der Waals surface area contributed by atoms with Crippen molar-refractivity contribution in [3.05, 3.63) is 35.1 Å². The van der Waals surface area contributed by atoms with Crippen molar-refractivity contribution in [3.8, 4) is 11.8 Å². The molecule has 1 N–H and O–H groups in total. The lowest BCUT2D eigenvalue weighted by molar-refractivity contribution is -0.133. The molecule has 0 aromatic heterocycles. The molecule has 0 atom stereocenters. The van der Waals surface area contributed by atoms with Crippen molar-refractivity contribution in [1.29, 1.82) is 0 Å². The molecular weight excluding hydrogens is 275 g/mol. The van der Waals surface area contributed by atoms with Gasteiger partial charge in [0.05, 0.1) is 5.56 Å². The summed E-state index contributed by atoms with van der Waals surface area (Å²) in [6, 6.07) is 3.67. The smallest absolute Gasteiger partial charge is 0.255 e. The van der Waals surface area contributed by atoms with Crippen LogP contribution in [0, 0.1) is 17.7 Å². The predicted molar refractivity (Wildman–Crippen MR) is 73.9 cm³/mol. The van der Waals surface area contributed by atoms with Gasteiger partial charge in [0, 0.05) is 25.7 Å². The molecule has 1 aliphatic rings. The van der Waals surface area contributed by atoms with Crippen LogP contribution in [0.5, 0.6) is 0 Å². The third-order valence-electron chi connectivity index (χ3n) is 3.26. The van der Waals surface area contributed by atoms with E-state index >= 15 is 0 Å². The first kappa shape index (κ1) is 15.0. The van der Waals surface area contributed by atoms with Crippen LogP contribution in [0.1, 0.15) is 15.9 Å². The van der Waals surface area contributed by atoms with Crippen LogP contribution in [-0.2, 0) is 4.79 Å². The number of likely N-dealkylation sites (N-methyl/N-ethyl adjacent to an activating group) is 1. The molecule has 0 radical (unpaired) electrons. The molecule has 1 aromatic carbocycles. The van der Waals surface area contributed by atoms with Gasteiger partial charge in [-0.05, 0) is 18.2 Å². The first-order chi connectivity index (χ1) is 10.0. The fraction of sp³-hybridized carbons (Fsp3) is 0.333. The molecule has 0 saturated carbocycles. The third kappa shape index (κ3) is 3.38. The van der Waals surface area contributed by atoms with Crippen LogP contribution in [0.2, 0.25) is 0 Å². The number of amides is 2. The number of aliphatic hydroxyl groups excluding tert-OH is 1. The minimum Gasteiger partial charge on any atom is -0.384 e. The van der Waals surface area contributed by atoms with E-state index in [4.69, 9.17) is 5.11 Å². The fourth-order valence-electron chi connectivity index (χ4n) is 2.04.